The minimum absolute atomic E-state index is 0.161. The van der Waals surface area contributed by atoms with Gasteiger partial charge in [-0.15, -0.1) is 0 Å². The molecule has 1 aromatic carbocycles. The van der Waals surface area contributed by atoms with Crippen LogP contribution in [-0.4, -0.2) is 30.9 Å². The molecule has 2 aromatic heterocycles. The molecular weight excluding hydrogens is 348 g/mol. The zero-order valence-corrected chi connectivity index (χ0v) is 15.5. The Balaban J connectivity index is 1.68. The van der Waals surface area contributed by atoms with Crippen molar-refractivity contribution >= 4 is 16.7 Å². The van der Waals surface area contributed by atoms with Crippen LogP contribution in [0.2, 0.25) is 0 Å². The van der Waals surface area contributed by atoms with Crippen LogP contribution in [0.1, 0.15) is 27.3 Å². The fourth-order valence-electron chi connectivity index (χ4n) is 2.64. The number of hydrogen-bond acceptors (Lipinski definition) is 4. The van der Waals surface area contributed by atoms with Crippen LogP contribution in [-0.2, 0) is 23.1 Å². The molecule has 0 bridgehead atoms. The number of rotatable bonds is 6. The predicted molar refractivity (Wildman–Crippen MR) is 101 cm³/mol. The molecule has 0 fully saturated rings. The van der Waals surface area contributed by atoms with Gasteiger partial charge in [0.1, 0.15) is 11.6 Å². The molecule has 0 aliphatic rings. The standard InChI is InChI=1S/C19H20N4O2S/c1-14-20-8-9-23(14)18-11-15(6-7-21-18)12-22-19(24)17-5-3-4-16(10-17)13-26(2)25/h3-11H,12-13H2,1-2H3,(H,22,24)/t26-/m0/s1. The zero-order valence-electron chi connectivity index (χ0n) is 14.7. The summed E-state index contributed by atoms with van der Waals surface area (Å²) in [6, 6.07) is 11.0. The molecule has 26 heavy (non-hydrogen) atoms. The lowest BCUT2D eigenvalue weighted by Gasteiger charge is -2.09. The predicted octanol–water partition coefficient (Wildman–Crippen LogP) is 2.38. The third-order valence-electron chi connectivity index (χ3n) is 3.89. The van der Waals surface area contributed by atoms with Crippen molar-refractivity contribution in [2.24, 2.45) is 0 Å². The number of hydrogen-bond donors (Lipinski definition) is 1. The van der Waals surface area contributed by atoms with E-state index in [1.807, 2.05) is 42.0 Å². The van der Waals surface area contributed by atoms with Gasteiger partial charge in [0.2, 0.25) is 0 Å². The number of amides is 1. The van der Waals surface area contributed by atoms with Crippen molar-refractivity contribution in [2.45, 2.75) is 19.2 Å². The second-order valence-electron chi connectivity index (χ2n) is 5.97. The molecule has 0 spiro atoms. The molecule has 0 saturated heterocycles. The first kappa shape index (κ1) is 18.0. The highest BCUT2D eigenvalue weighted by Gasteiger charge is 2.08. The number of aromatic nitrogens is 3. The van der Waals surface area contributed by atoms with E-state index in [9.17, 15) is 9.00 Å². The van der Waals surface area contributed by atoms with Gasteiger partial charge in [0.15, 0.2) is 0 Å². The van der Waals surface area contributed by atoms with Gasteiger partial charge < -0.3 is 5.32 Å². The van der Waals surface area contributed by atoms with Crippen molar-refractivity contribution in [1.82, 2.24) is 19.9 Å². The molecule has 6 nitrogen and oxygen atoms in total. The Morgan fingerprint density at radius 2 is 2.00 bits per heavy atom. The molecule has 3 rings (SSSR count). The van der Waals surface area contributed by atoms with E-state index in [0.29, 0.717) is 17.9 Å². The SMILES string of the molecule is Cc1nccn1-c1cc(CNC(=O)c2cccc(C[S@](C)=O)c2)ccn1. The van der Waals surface area contributed by atoms with Crippen molar-refractivity contribution in [3.63, 3.8) is 0 Å². The van der Waals surface area contributed by atoms with E-state index in [4.69, 9.17) is 0 Å². The molecule has 1 N–H and O–H groups in total. The van der Waals surface area contributed by atoms with E-state index in [0.717, 1.165) is 22.8 Å². The lowest BCUT2D eigenvalue weighted by atomic mass is 10.1. The van der Waals surface area contributed by atoms with E-state index in [1.54, 1.807) is 30.8 Å². The van der Waals surface area contributed by atoms with Gasteiger partial charge in [0, 0.05) is 53.5 Å². The monoisotopic (exact) mass is 368 g/mol. The van der Waals surface area contributed by atoms with Crippen LogP contribution in [0.5, 0.6) is 0 Å². The van der Waals surface area contributed by atoms with E-state index in [-0.39, 0.29) is 5.91 Å². The van der Waals surface area contributed by atoms with Crippen LogP contribution < -0.4 is 5.32 Å². The van der Waals surface area contributed by atoms with Gasteiger partial charge in [-0.25, -0.2) is 9.97 Å². The quantitative estimate of drug-likeness (QED) is 0.725. The first-order chi connectivity index (χ1) is 12.5. The van der Waals surface area contributed by atoms with Crippen molar-refractivity contribution in [1.29, 1.82) is 0 Å². The van der Waals surface area contributed by atoms with Crippen molar-refractivity contribution in [3.05, 3.63) is 77.5 Å². The summed E-state index contributed by atoms with van der Waals surface area (Å²) in [7, 11) is -0.937. The molecule has 0 aliphatic heterocycles. The van der Waals surface area contributed by atoms with Crippen LogP contribution >= 0.6 is 0 Å². The number of nitrogens with zero attached hydrogens (tertiary/aromatic N) is 3. The van der Waals surface area contributed by atoms with Gasteiger partial charge in [-0.05, 0) is 42.3 Å². The van der Waals surface area contributed by atoms with Gasteiger partial charge in [-0.1, -0.05) is 12.1 Å². The Morgan fingerprint density at radius 1 is 1.15 bits per heavy atom. The zero-order chi connectivity index (χ0) is 18.5. The van der Waals surface area contributed by atoms with Crippen LogP contribution in [0.4, 0.5) is 0 Å². The minimum atomic E-state index is -0.937. The fraction of sp³-hybridized carbons (Fsp3) is 0.211. The average molecular weight is 368 g/mol. The van der Waals surface area contributed by atoms with Crippen LogP contribution in [0, 0.1) is 6.92 Å². The van der Waals surface area contributed by atoms with Crippen LogP contribution in [0.15, 0.2) is 55.0 Å². The molecule has 134 valence electrons. The topological polar surface area (TPSA) is 76.9 Å². The largest absolute Gasteiger partial charge is 0.348 e. The van der Waals surface area contributed by atoms with E-state index < -0.39 is 10.8 Å². The summed E-state index contributed by atoms with van der Waals surface area (Å²) < 4.78 is 13.2. The number of imidazole rings is 1. The second kappa shape index (κ2) is 8.05. The highest BCUT2D eigenvalue weighted by molar-refractivity contribution is 7.83. The first-order valence-electron chi connectivity index (χ1n) is 8.15. The molecule has 3 aromatic rings. The maximum Gasteiger partial charge on any atom is 0.251 e. The van der Waals surface area contributed by atoms with Gasteiger partial charge in [0.05, 0.1) is 0 Å². The Labute approximate surface area is 154 Å². The molecule has 0 saturated carbocycles. The lowest BCUT2D eigenvalue weighted by molar-refractivity contribution is 0.0951. The summed E-state index contributed by atoms with van der Waals surface area (Å²) in [5.41, 5.74) is 2.40. The Bertz CT molecular complexity index is 952. The number of benzene rings is 1. The molecule has 2 heterocycles. The summed E-state index contributed by atoms with van der Waals surface area (Å²) in [5.74, 6) is 1.90. The number of nitrogens with one attached hydrogen (secondary N) is 1. The molecule has 0 aliphatic carbocycles. The molecule has 1 amide bonds. The molecule has 0 radical (unpaired) electrons. The van der Waals surface area contributed by atoms with Gasteiger partial charge in [-0.3, -0.25) is 13.6 Å². The van der Waals surface area contributed by atoms with Gasteiger partial charge in [0.25, 0.3) is 5.91 Å². The summed E-state index contributed by atoms with van der Waals surface area (Å²) in [6.07, 6.45) is 6.94. The van der Waals surface area contributed by atoms with Crippen LogP contribution in [0.3, 0.4) is 0 Å². The van der Waals surface area contributed by atoms with Gasteiger partial charge >= 0.3 is 0 Å². The van der Waals surface area contributed by atoms with E-state index in [1.165, 1.54) is 0 Å². The second-order valence-corrected chi connectivity index (χ2v) is 7.40. The molecule has 7 heteroatoms. The Hall–Kier alpha value is -2.80. The number of carbonyl (C=O) groups is 1. The summed E-state index contributed by atoms with van der Waals surface area (Å²) in [5, 5.41) is 2.92. The number of aryl methyl sites for hydroxylation is 1. The summed E-state index contributed by atoms with van der Waals surface area (Å²) >= 11 is 0. The third kappa shape index (κ3) is 4.43. The first-order valence-corrected chi connectivity index (χ1v) is 9.88. The van der Waals surface area contributed by atoms with E-state index >= 15 is 0 Å². The Kier molecular flexibility index (Phi) is 5.58. The van der Waals surface area contributed by atoms with Crippen molar-refractivity contribution < 1.29 is 9.00 Å². The van der Waals surface area contributed by atoms with E-state index in [2.05, 4.69) is 15.3 Å². The minimum Gasteiger partial charge on any atom is -0.348 e. The number of pyridine rings is 1. The molecule has 1 atom stereocenters. The summed E-state index contributed by atoms with van der Waals surface area (Å²) in [6.45, 7) is 2.30. The van der Waals surface area contributed by atoms with Crippen molar-refractivity contribution in [3.8, 4) is 5.82 Å². The highest BCUT2D eigenvalue weighted by Crippen LogP contribution is 2.11. The average Bonchev–Trinajstić information content (AvgIpc) is 3.05. The van der Waals surface area contributed by atoms with Gasteiger partial charge in [-0.2, -0.15) is 0 Å². The van der Waals surface area contributed by atoms with Crippen molar-refractivity contribution in [2.75, 3.05) is 6.26 Å². The van der Waals surface area contributed by atoms with Crippen LogP contribution in [0.25, 0.3) is 5.82 Å². The normalized spacial score (nSPS) is 11.9. The third-order valence-corrected chi connectivity index (χ3v) is 4.63. The lowest BCUT2D eigenvalue weighted by Crippen LogP contribution is -2.23. The smallest absolute Gasteiger partial charge is 0.251 e. The Morgan fingerprint density at radius 3 is 2.73 bits per heavy atom. The maximum absolute atomic E-state index is 12.4. The fourth-order valence-corrected chi connectivity index (χ4v) is 3.29. The molecular formula is C19H20N4O2S. The number of carbonyl (C=O) groups excluding carboxylic acids is 1. The summed E-state index contributed by atoms with van der Waals surface area (Å²) in [4.78, 5) is 21.0. The molecule has 0 unspecified atom stereocenters. The highest BCUT2D eigenvalue weighted by atomic mass is 32.2. The maximum atomic E-state index is 12.4.